The average molecular weight is 1220 g/mol. The number of aryl methyl sites for hydroxylation is 1. The van der Waals surface area contributed by atoms with Crippen LogP contribution in [0.5, 0.6) is 11.6 Å². The Bertz CT molecular complexity index is 3620. The number of aliphatic hydroxyl groups is 3. The number of phenolic OH excluding ortho intramolecular Hbond substituents is 1. The number of methoxy groups -OCH3 is 1. The molecule has 1 aromatic heterocycles. The number of aliphatic hydroxyl groups excluding tert-OH is 2. The van der Waals surface area contributed by atoms with Crippen molar-refractivity contribution in [3.8, 4) is 11.6 Å². The van der Waals surface area contributed by atoms with Crippen LogP contribution in [0.25, 0.3) is 5.76 Å². The topological polar surface area (TPSA) is 285 Å². The minimum Gasteiger partial charge on any atom is -0.508 e. The summed E-state index contributed by atoms with van der Waals surface area (Å²) >= 11 is 0. The lowest BCUT2D eigenvalue weighted by molar-refractivity contribution is -0.159. The van der Waals surface area contributed by atoms with Crippen LogP contribution < -0.4 is 20.3 Å². The number of nitrogens with two attached hydrogens (primary N) is 1. The lowest BCUT2D eigenvalue weighted by Gasteiger charge is -2.56. The fraction of sp³-hybridized carbons (Fsp3) is 0.523. The number of carbonyl (C=O) groups excluding carboxylic acids is 6. The predicted octanol–water partition coefficient (Wildman–Crippen LogP) is 6.66. The smallest absolute Gasteiger partial charge is 0.265 e. The molecule has 9 atom stereocenters. The van der Waals surface area contributed by atoms with Crippen LogP contribution in [0.15, 0.2) is 76.0 Å². The van der Waals surface area contributed by atoms with Gasteiger partial charge >= 0.3 is 0 Å². The highest BCUT2D eigenvalue weighted by Gasteiger charge is 2.87. The summed E-state index contributed by atoms with van der Waals surface area (Å²) in [5, 5.41) is 49.3. The number of nitrogens with zero attached hydrogens (tertiary/aromatic N) is 5. The summed E-state index contributed by atoms with van der Waals surface area (Å²) in [6, 6.07) is 15.0. The van der Waals surface area contributed by atoms with Crippen molar-refractivity contribution in [3.63, 3.8) is 0 Å². The SMILES string of the molecule is COCCOC[C@@]12Cc3c(N(C)C)ccc(O)c3C(O)=C1C(=O)[C@]1(O)C(O)=C(C(N)=O)C(=O)[C@@H](N(C)C)[C@@H]1C2.Cc1ccc(N(C)C)c2c1C(=O)[C@@]13C[C@]1(C2)C[C@H]1[C@H](N(C)C)c2onc(OCc4ccccc4)c2C(=O)[C@@]1(O[Si](C)(C)C(C)(C)C)C3=O. The minimum absolute atomic E-state index is 0.0220. The van der Waals surface area contributed by atoms with Crippen LogP contribution in [0.4, 0.5) is 11.4 Å². The second kappa shape index (κ2) is 21.6. The van der Waals surface area contributed by atoms with Crippen molar-refractivity contribution in [1.82, 2.24) is 15.0 Å². The zero-order valence-electron chi connectivity index (χ0n) is 52.5. The van der Waals surface area contributed by atoms with Crippen LogP contribution in [0.1, 0.15) is 100 Å². The normalized spacial score (nSPS) is 28.8. The highest BCUT2D eigenvalue weighted by molar-refractivity contribution is 6.74. The summed E-state index contributed by atoms with van der Waals surface area (Å²) in [5.41, 5.74) is 2.17. The van der Waals surface area contributed by atoms with Crippen molar-refractivity contribution in [2.45, 2.75) is 108 Å². The number of anilines is 2. The summed E-state index contributed by atoms with van der Waals surface area (Å²) < 4.78 is 30.4. The molecule has 466 valence electrons. The van der Waals surface area contributed by atoms with Gasteiger partial charge < -0.3 is 59.1 Å². The van der Waals surface area contributed by atoms with Gasteiger partial charge in [0.1, 0.15) is 40.4 Å². The number of hydrogen-bond acceptors (Lipinski definition) is 20. The lowest BCUT2D eigenvalue weighted by atomic mass is 9.51. The van der Waals surface area contributed by atoms with Crippen molar-refractivity contribution < 1.29 is 72.4 Å². The van der Waals surface area contributed by atoms with Crippen molar-refractivity contribution in [3.05, 3.63) is 116 Å². The number of amides is 1. The molecule has 0 bridgehead atoms. The van der Waals surface area contributed by atoms with E-state index in [1.54, 1.807) is 39.2 Å². The molecule has 0 radical (unpaired) electrons. The Balaban J connectivity index is 0.000000197. The molecule has 0 unspecified atom stereocenters. The van der Waals surface area contributed by atoms with E-state index < -0.39 is 100 Å². The van der Waals surface area contributed by atoms with Gasteiger partial charge in [-0.3, -0.25) is 38.6 Å². The zero-order valence-corrected chi connectivity index (χ0v) is 53.5. The van der Waals surface area contributed by atoms with E-state index in [1.165, 1.54) is 18.1 Å². The minimum atomic E-state index is -2.82. The standard InChI is InChI=1S/C38H47N3O6Si.C27H35N3O9/c1-22-16-17-26(40(5)6)24-18-36-19-25-29(41(7)8)30-28(33(39-46-30)45-20-23-14-12-11-13-15-23)32(43)38(25,47-48(9,10)35(2,3)4)34(44)37(36,21-36)31(42)27(22)24;1-29(2)15-6-7-16(31)17-13(15)10-26(12-39-9-8-38-5)11-14-20(30(3)4)22(33)18(25(28)36)23(34)27(14,37)24(35)19(26)21(17)32/h11-17,25,29H,18-21H2,1-10H3;6-7,14,20,31-32,34,37H,8-12H2,1-5H3,(H2,28,36)/t25-,29-,36-,37+,38+;14-,20-,26-,27+/m00/s1. The van der Waals surface area contributed by atoms with Crippen LogP contribution in [0.2, 0.25) is 18.1 Å². The Hall–Kier alpha value is -7.05. The summed E-state index contributed by atoms with van der Waals surface area (Å²) in [5.74, 6) is -7.63. The molecular weight excluding hydrogens is 1130 g/mol. The first kappa shape index (κ1) is 63.0. The average Bonchev–Trinajstić information content (AvgIpc) is 1.48. The maximum absolute atomic E-state index is 15.8. The maximum atomic E-state index is 15.8. The van der Waals surface area contributed by atoms with Gasteiger partial charge in [0.2, 0.25) is 11.6 Å². The summed E-state index contributed by atoms with van der Waals surface area (Å²) in [7, 11) is 13.2. The van der Waals surface area contributed by atoms with Crippen LogP contribution in [-0.4, -0.2) is 179 Å². The molecule has 1 heterocycles. The Morgan fingerprint density at radius 3 is 1.99 bits per heavy atom. The van der Waals surface area contributed by atoms with Gasteiger partial charge in [-0.25, -0.2) is 0 Å². The largest absolute Gasteiger partial charge is 0.508 e. The number of ketones is 5. The fourth-order valence-corrected chi connectivity index (χ4v) is 16.7. The first-order valence-electron chi connectivity index (χ1n) is 29.4. The molecule has 6 N–H and O–H groups in total. The zero-order chi connectivity index (χ0) is 63.8. The third-order valence-electron chi connectivity index (χ3n) is 20.3. The quantitative estimate of drug-likeness (QED) is 0.0360. The highest BCUT2D eigenvalue weighted by Crippen LogP contribution is 2.79. The van der Waals surface area contributed by atoms with Crippen LogP contribution >= 0.6 is 0 Å². The molecule has 87 heavy (non-hydrogen) atoms. The number of carbonyl (C=O) groups is 6. The summed E-state index contributed by atoms with van der Waals surface area (Å²) in [4.78, 5) is 93.4. The molecule has 7 aliphatic rings. The number of hydrogen-bond donors (Lipinski definition) is 5. The molecule has 3 saturated carbocycles. The van der Waals surface area contributed by atoms with Gasteiger partial charge in [-0.05, 0) is 136 Å². The third kappa shape index (κ3) is 9.16. The van der Waals surface area contributed by atoms with Crippen molar-refractivity contribution in [2.24, 2.45) is 33.8 Å². The molecule has 21 nitrogen and oxygen atoms in total. The number of rotatable bonds is 15. The molecular formula is C65H82N6O15Si. The van der Waals surface area contributed by atoms with Crippen molar-refractivity contribution in [1.29, 1.82) is 0 Å². The molecule has 22 heteroatoms. The molecule has 4 aromatic rings. The van der Waals surface area contributed by atoms with Gasteiger partial charge in [0.15, 0.2) is 42.6 Å². The molecule has 3 aromatic carbocycles. The number of primary amides is 1. The van der Waals surface area contributed by atoms with Crippen LogP contribution in [0.3, 0.4) is 0 Å². The number of Topliss-reactive ketones (excluding diaryl/α,β-unsaturated/α-hetero) is 5. The number of benzene rings is 3. The monoisotopic (exact) mass is 1210 g/mol. The van der Waals surface area contributed by atoms with Crippen LogP contribution in [-0.2, 0) is 52.5 Å². The van der Waals surface area contributed by atoms with E-state index in [0.717, 1.165) is 22.4 Å². The molecule has 0 aliphatic heterocycles. The molecule has 7 aliphatic carbocycles. The van der Waals surface area contributed by atoms with E-state index in [2.05, 4.69) is 45.1 Å². The molecule has 0 saturated heterocycles. The van der Waals surface area contributed by atoms with Gasteiger partial charge in [0, 0.05) is 69.5 Å². The number of fused-ring (bicyclic) bond motifs is 6. The van der Waals surface area contributed by atoms with E-state index in [0.29, 0.717) is 41.8 Å². The van der Waals surface area contributed by atoms with Gasteiger partial charge in [-0.2, -0.15) is 0 Å². The first-order valence-corrected chi connectivity index (χ1v) is 32.3. The summed E-state index contributed by atoms with van der Waals surface area (Å²) in [6.07, 6.45) is 1.48. The summed E-state index contributed by atoms with van der Waals surface area (Å²) in [6.45, 7) is 12.9. The van der Waals surface area contributed by atoms with Gasteiger partial charge in [-0.1, -0.05) is 57.2 Å². The Kier molecular flexibility index (Phi) is 15.7. The number of ether oxygens (including phenoxy) is 3. The van der Waals surface area contributed by atoms with E-state index >= 15 is 9.59 Å². The van der Waals surface area contributed by atoms with E-state index in [4.69, 9.17) is 28.9 Å². The highest BCUT2D eigenvalue weighted by atomic mass is 28.4. The first-order chi connectivity index (χ1) is 40.7. The predicted molar refractivity (Wildman–Crippen MR) is 325 cm³/mol. The maximum Gasteiger partial charge on any atom is 0.265 e. The van der Waals surface area contributed by atoms with Gasteiger partial charge in [-0.15, -0.1) is 0 Å². The molecule has 0 spiro atoms. The fourth-order valence-electron chi connectivity index (χ4n) is 15.3. The Labute approximate surface area is 508 Å². The van der Waals surface area contributed by atoms with E-state index in [9.17, 15) is 39.6 Å². The second-order valence-corrected chi connectivity index (χ2v) is 32.1. The molecule has 1 amide bonds. The number of aromatic hydroxyl groups is 1. The van der Waals surface area contributed by atoms with Crippen molar-refractivity contribution in [2.75, 3.05) is 93.1 Å². The van der Waals surface area contributed by atoms with Crippen LogP contribution in [0, 0.1) is 35.0 Å². The number of likely N-dealkylation sites (N-methyl/N-ethyl adjacent to an activating group) is 1. The Morgan fingerprint density at radius 2 is 1.40 bits per heavy atom. The van der Waals surface area contributed by atoms with E-state index in [1.807, 2.05) is 81.3 Å². The second-order valence-electron chi connectivity index (χ2n) is 27.3. The number of phenols is 1. The van der Waals surface area contributed by atoms with Gasteiger partial charge in [0.05, 0.1) is 43.0 Å². The van der Waals surface area contributed by atoms with Gasteiger partial charge in [0.25, 0.3) is 11.8 Å². The van der Waals surface area contributed by atoms with E-state index in [-0.39, 0.29) is 84.2 Å². The number of aromatic nitrogens is 1. The Morgan fingerprint density at radius 1 is 0.782 bits per heavy atom. The lowest BCUT2D eigenvalue weighted by Crippen LogP contribution is -2.70. The van der Waals surface area contributed by atoms with Crippen molar-refractivity contribution >= 4 is 60.3 Å². The molecule has 11 rings (SSSR count). The molecule has 3 fully saturated rings. The third-order valence-corrected chi connectivity index (χ3v) is 24.8.